The summed E-state index contributed by atoms with van der Waals surface area (Å²) in [6.07, 6.45) is -7.36. The molecule has 0 aromatic heterocycles. The summed E-state index contributed by atoms with van der Waals surface area (Å²) >= 11 is 0. The van der Waals surface area contributed by atoms with Crippen molar-refractivity contribution in [1.29, 1.82) is 0 Å². The molecule has 0 saturated carbocycles. The summed E-state index contributed by atoms with van der Waals surface area (Å²) < 4.78 is 45.5. The maximum Gasteiger partial charge on any atom is 0.425 e. The number of ether oxygens (including phenoxy) is 2. The van der Waals surface area contributed by atoms with Crippen molar-refractivity contribution < 1.29 is 27.8 Å². The standard InChI is InChI=1S/C13H13F3O3/c14-13(15,16)12(17)7-4-8-18-10-19-9-11-5-2-1-3-6-11/h1-3,5-6,12,17H,8-10H2/t12-/m1/s1. The zero-order valence-corrected chi connectivity index (χ0v) is 9.98. The molecular weight excluding hydrogens is 261 g/mol. The fraction of sp³-hybridized carbons (Fsp3) is 0.385. The minimum Gasteiger partial charge on any atom is -0.372 e. The highest BCUT2D eigenvalue weighted by molar-refractivity contribution is 5.13. The lowest BCUT2D eigenvalue weighted by Gasteiger charge is -2.07. The summed E-state index contributed by atoms with van der Waals surface area (Å²) in [5.41, 5.74) is 0.963. The summed E-state index contributed by atoms with van der Waals surface area (Å²) in [5, 5.41) is 8.55. The van der Waals surface area contributed by atoms with Crippen molar-refractivity contribution in [1.82, 2.24) is 0 Å². The van der Waals surface area contributed by atoms with Gasteiger partial charge >= 0.3 is 6.18 Å². The molecule has 1 atom stereocenters. The average Bonchev–Trinajstić information content (AvgIpc) is 2.37. The van der Waals surface area contributed by atoms with E-state index >= 15 is 0 Å². The van der Waals surface area contributed by atoms with Gasteiger partial charge in [-0.25, -0.2) is 0 Å². The first-order valence-electron chi connectivity index (χ1n) is 5.42. The van der Waals surface area contributed by atoms with Crippen LogP contribution in [0.1, 0.15) is 5.56 Å². The van der Waals surface area contributed by atoms with Crippen molar-refractivity contribution >= 4 is 0 Å². The van der Waals surface area contributed by atoms with Crippen LogP contribution in [0.5, 0.6) is 0 Å². The number of aliphatic hydroxyl groups excluding tert-OH is 1. The van der Waals surface area contributed by atoms with E-state index in [1.54, 1.807) is 5.92 Å². The lowest BCUT2D eigenvalue weighted by molar-refractivity contribution is -0.184. The Bertz CT molecular complexity index is 420. The molecule has 0 unspecified atom stereocenters. The Hall–Kier alpha value is -1.55. The first-order valence-corrected chi connectivity index (χ1v) is 5.42. The van der Waals surface area contributed by atoms with E-state index < -0.39 is 12.3 Å². The van der Waals surface area contributed by atoms with Gasteiger partial charge in [-0.05, 0) is 5.56 Å². The third-order valence-electron chi connectivity index (χ3n) is 2.00. The maximum atomic E-state index is 11.8. The predicted octanol–water partition coefficient (Wildman–Crippen LogP) is 2.10. The number of rotatable bonds is 5. The van der Waals surface area contributed by atoms with Crippen LogP contribution in [0.2, 0.25) is 0 Å². The zero-order valence-electron chi connectivity index (χ0n) is 9.98. The van der Waals surface area contributed by atoms with Crippen LogP contribution in [0.4, 0.5) is 13.2 Å². The van der Waals surface area contributed by atoms with Gasteiger partial charge in [-0.1, -0.05) is 42.2 Å². The Morgan fingerprint density at radius 1 is 1.16 bits per heavy atom. The van der Waals surface area contributed by atoms with Crippen LogP contribution in [0.25, 0.3) is 0 Å². The molecular formula is C13H13F3O3. The van der Waals surface area contributed by atoms with Crippen molar-refractivity contribution in [3.63, 3.8) is 0 Å². The highest BCUT2D eigenvalue weighted by Crippen LogP contribution is 2.18. The molecule has 6 heteroatoms. The van der Waals surface area contributed by atoms with Gasteiger partial charge in [0, 0.05) is 0 Å². The van der Waals surface area contributed by atoms with Crippen molar-refractivity contribution in [2.45, 2.75) is 18.9 Å². The molecule has 104 valence electrons. The molecule has 0 heterocycles. The van der Waals surface area contributed by atoms with Crippen molar-refractivity contribution in [3.8, 4) is 11.8 Å². The number of halogens is 3. The van der Waals surface area contributed by atoms with E-state index in [1.807, 2.05) is 30.3 Å². The van der Waals surface area contributed by atoms with E-state index in [-0.39, 0.29) is 13.4 Å². The highest BCUT2D eigenvalue weighted by atomic mass is 19.4. The fourth-order valence-electron chi connectivity index (χ4n) is 1.11. The molecule has 0 aliphatic rings. The van der Waals surface area contributed by atoms with Gasteiger partial charge in [0.25, 0.3) is 0 Å². The number of alkyl halides is 3. The van der Waals surface area contributed by atoms with E-state index in [9.17, 15) is 13.2 Å². The average molecular weight is 274 g/mol. The summed E-state index contributed by atoms with van der Waals surface area (Å²) in [6.45, 7) is 0.0348. The van der Waals surface area contributed by atoms with E-state index in [0.29, 0.717) is 6.61 Å². The Morgan fingerprint density at radius 2 is 1.84 bits per heavy atom. The smallest absolute Gasteiger partial charge is 0.372 e. The second-order valence-electron chi connectivity index (χ2n) is 3.57. The van der Waals surface area contributed by atoms with E-state index in [1.165, 1.54) is 0 Å². The maximum absolute atomic E-state index is 11.8. The molecule has 0 bridgehead atoms. The van der Waals surface area contributed by atoms with Gasteiger partial charge in [-0.15, -0.1) is 0 Å². The molecule has 1 aromatic carbocycles. The lowest BCUT2D eigenvalue weighted by Crippen LogP contribution is -2.26. The minimum absolute atomic E-state index is 0.0777. The third-order valence-corrected chi connectivity index (χ3v) is 2.00. The molecule has 0 aliphatic heterocycles. The van der Waals surface area contributed by atoms with Gasteiger partial charge in [0.05, 0.1) is 6.61 Å². The summed E-state index contributed by atoms with van der Waals surface area (Å²) in [6, 6.07) is 9.35. The molecule has 1 N–H and O–H groups in total. The van der Waals surface area contributed by atoms with Crippen molar-refractivity contribution in [2.75, 3.05) is 13.4 Å². The number of aliphatic hydroxyl groups is 1. The fourth-order valence-corrected chi connectivity index (χ4v) is 1.11. The first kappa shape index (κ1) is 15.5. The van der Waals surface area contributed by atoms with Crippen molar-refractivity contribution in [2.24, 2.45) is 0 Å². The Balaban J connectivity index is 2.11. The SMILES string of the molecule is O[C@H](C#CCOCOCc1ccccc1)C(F)(F)F. The molecule has 0 saturated heterocycles. The number of hydrogen-bond donors (Lipinski definition) is 1. The predicted molar refractivity (Wildman–Crippen MR) is 61.9 cm³/mol. The van der Waals surface area contributed by atoms with Crippen LogP contribution in [-0.4, -0.2) is 30.8 Å². The van der Waals surface area contributed by atoms with E-state index in [0.717, 1.165) is 5.56 Å². The van der Waals surface area contributed by atoms with E-state index in [4.69, 9.17) is 14.6 Å². The van der Waals surface area contributed by atoms with Crippen LogP contribution in [0.15, 0.2) is 30.3 Å². The molecule has 19 heavy (non-hydrogen) atoms. The van der Waals surface area contributed by atoms with Gasteiger partial charge in [-0.2, -0.15) is 13.2 Å². The second kappa shape index (κ2) is 7.79. The van der Waals surface area contributed by atoms with Gasteiger partial charge in [0.1, 0.15) is 13.4 Å². The second-order valence-corrected chi connectivity index (χ2v) is 3.57. The molecule has 1 aromatic rings. The van der Waals surface area contributed by atoms with Gasteiger partial charge in [-0.3, -0.25) is 0 Å². The van der Waals surface area contributed by atoms with Crippen LogP contribution in [0, 0.1) is 11.8 Å². The number of benzene rings is 1. The van der Waals surface area contributed by atoms with E-state index in [2.05, 4.69) is 5.92 Å². The summed E-state index contributed by atoms with van der Waals surface area (Å²) in [7, 11) is 0. The molecule has 0 amide bonds. The quantitative estimate of drug-likeness (QED) is 0.508. The Labute approximate surface area is 109 Å². The van der Waals surface area contributed by atoms with Gasteiger partial charge < -0.3 is 14.6 Å². The van der Waals surface area contributed by atoms with Gasteiger partial charge in [0.2, 0.25) is 6.10 Å². The normalized spacial score (nSPS) is 12.6. The highest BCUT2D eigenvalue weighted by Gasteiger charge is 2.36. The molecule has 0 fully saturated rings. The Kier molecular flexibility index (Phi) is 6.36. The zero-order chi connectivity index (χ0) is 14.1. The Morgan fingerprint density at radius 3 is 2.47 bits per heavy atom. The number of hydrogen-bond acceptors (Lipinski definition) is 3. The van der Waals surface area contributed by atoms with Crippen LogP contribution >= 0.6 is 0 Å². The lowest BCUT2D eigenvalue weighted by atomic mass is 10.2. The third kappa shape index (κ3) is 6.82. The summed E-state index contributed by atoms with van der Waals surface area (Å²) in [4.78, 5) is 0. The molecule has 0 radical (unpaired) electrons. The largest absolute Gasteiger partial charge is 0.425 e. The minimum atomic E-state index is -4.73. The van der Waals surface area contributed by atoms with Crippen molar-refractivity contribution in [3.05, 3.63) is 35.9 Å². The summed E-state index contributed by atoms with van der Waals surface area (Å²) in [5.74, 6) is 3.70. The monoisotopic (exact) mass is 274 g/mol. The van der Waals surface area contributed by atoms with Crippen LogP contribution in [0.3, 0.4) is 0 Å². The van der Waals surface area contributed by atoms with Crippen LogP contribution < -0.4 is 0 Å². The van der Waals surface area contributed by atoms with Gasteiger partial charge in [0.15, 0.2) is 0 Å². The first-order chi connectivity index (χ1) is 9.00. The molecule has 0 aliphatic carbocycles. The molecule has 3 nitrogen and oxygen atoms in total. The topological polar surface area (TPSA) is 38.7 Å². The molecule has 1 rings (SSSR count). The van der Waals surface area contributed by atoms with Crippen LogP contribution in [-0.2, 0) is 16.1 Å². The molecule has 0 spiro atoms.